The largest absolute Gasteiger partial charge is 0.334 e. The molecule has 0 saturated carbocycles. The summed E-state index contributed by atoms with van der Waals surface area (Å²) in [7, 11) is 0. The van der Waals surface area contributed by atoms with Crippen molar-refractivity contribution in [1.29, 1.82) is 0 Å². The van der Waals surface area contributed by atoms with Crippen LogP contribution in [0.3, 0.4) is 0 Å². The standard InChI is InChI=1S/C9H17N3/c1-3-4-10-5-7-12-8-6-11-9(12)2/h6,8,10H,3-5,7H2,1-2H3. The Balaban J connectivity index is 2.20. The van der Waals surface area contributed by atoms with E-state index in [1.54, 1.807) is 0 Å². The Hall–Kier alpha value is -0.830. The van der Waals surface area contributed by atoms with E-state index in [2.05, 4.69) is 21.8 Å². The quantitative estimate of drug-likeness (QED) is 0.668. The molecular formula is C9H17N3. The van der Waals surface area contributed by atoms with Crippen molar-refractivity contribution >= 4 is 0 Å². The van der Waals surface area contributed by atoms with Crippen LogP contribution < -0.4 is 5.32 Å². The lowest BCUT2D eigenvalue weighted by Gasteiger charge is -2.05. The Morgan fingerprint density at radius 2 is 2.33 bits per heavy atom. The van der Waals surface area contributed by atoms with E-state index in [9.17, 15) is 0 Å². The van der Waals surface area contributed by atoms with Crippen LogP contribution in [0.25, 0.3) is 0 Å². The number of aromatic nitrogens is 2. The summed E-state index contributed by atoms with van der Waals surface area (Å²) in [6.45, 7) is 7.36. The average molecular weight is 167 g/mol. The van der Waals surface area contributed by atoms with Crippen molar-refractivity contribution in [1.82, 2.24) is 14.9 Å². The van der Waals surface area contributed by atoms with Gasteiger partial charge in [0.25, 0.3) is 0 Å². The van der Waals surface area contributed by atoms with Crippen LogP contribution in [0, 0.1) is 6.92 Å². The number of nitrogens with one attached hydrogen (secondary N) is 1. The Labute approximate surface area is 73.8 Å². The van der Waals surface area contributed by atoms with Gasteiger partial charge in [-0.15, -0.1) is 0 Å². The van der Waals surface area contributed by atoms with Crippen LogP contribution in [-0.4, -0.2) is 22.6 Å². The molecule has 0 bridgehead atoms. The molecule has 1 heterocycles. The van der Waals surface area contributed by atoms with Crippen LogP contribution in [0.1, 0.15) is 19.2 Å². The molecule has 0 unspecified atom stereocenters. The van der Waals surface area contributed by atoms with Crippen molar-refractivity contribution in [3.05, 3.63) is 18.2 Å². The molecule has 0 saturated heterocycles. The smallest absolute Gasteiger partial charge is 0.105 e. The number of aryl methyl sites for hydroxylation is 1. The highest BCUT2D eigenvalue weighted by molar-refractivity contribution is 4.88. The third-order valence-electron chi connectivity index (χ3n) is 1.88. The summed E-state index contributed by atoms with van der Waals surface area (Å²) < 4.78 is 2.16. The molecule has 0 radical (unpaired) electrons. The second-order valence-electron chi connectivity index (χ2n) is 2.92. The molecule has 0 atom stereocenters. The number of hydrogen-bond acceptors (Lipinski definition) is 2. The highest BCUT2D eigenvalue weighted by Crippen LogP contribution is 1.92. The monoisotopic (exact) mass is 167 g/mol. The fourth-order valence-corrected chi connectivity index (χ4v) is 1.14. The van der Waals surface area contributed by atoms with E-state index in [0.717, 1.165) is 25.5 Å². The molecule has 0 aromatic carbocycles. The molecule has 3 heteroatoms. The van der Waals surface area contributed by atoms with Crippen molar-refractivity contribution in [2.45, 2.75) is 26.8 Å². The molecule has 1 aromatic heterocycles. The lowest BCUT2D eigenvalue weighted by molar-refractivity contribution is 0.584. The summed E-state index contributed by atoms with van der Waals surface area (Å²) in [6.07, 6.45) is 5.06. The van der Waals surface area contributed by atoms with Gasteiger partial charge in [0.2, 0.25) is 0 Å². The molecule has 68 valence electrons. The van der Waals surface area contributed by atoms with E-state index in [0.29, 0.717) is 0 Å². The van der Waals surface area contributed by atoms with Crippen LogP contribution in [-0.2, 0) is 6.54 Å². The summed E-state index contributed by atoms with van der Waals surface area (Å²) in [6, 6.07) is 0. The summed E-state index contributed by atoms with van der Waals surface area (Å²) in [4.78, 5) is 4.15. The Kier molecular flexibility index (Phi) is 3.80. The van der Waals surface area contributed by atoms with Gasteiger partial charge in [-0.3, -0.25) is 0 Å². The van der Waals surface area contributed by atoms with E-state index >= 15 is 0 Å². The Morgan fingerprint density at radius 3 is 2.92 bits per heavy atom. The number of nitrogens with zero attached hydrogens (tertiary/aromatic N) is 2. The van der Waals surface area contributed by atoms with E-state index in [-0.39, 0.29) is 0 Å². The molecule has 12 heavy (non-hydrogen) atoms. The highest BCUT2D eigenvalue weighted by Gasteiger charge is 1.94. The summed E-state index contributed by atoms with van der Waals surface area (Å²) in [5, 5.41) is 3.35. The van der Waals surface area contributed by atoms with Crippen LogP contribution in [0.15, 0.2) is 12.4 Å². The molecule has 3 nitrogen and oxygen atoms in total. The second kappa shape index (κ2) is 4.93. The molecule has 0 amide bonds. The minimum absolute atomic E-state index is 1.02. The summed E-state index contributed by atoms with van der Waals surface area (Å²) in [5.74, 6) is 1.09. The van der Waals surface area contributed by atoms with Gasteiger partial charge in [0, 0.05) is 25.5 Å². The van der Waals surface area contributed by atoms with Gasteiger partial charge in [0.15, 0.2) is 0 Å². The molecular weight excluding hydrogens is 150 g/mol. The van der Waals surface area contributed by atoms with Gasteiger partial charge in [-0.2, -0.15) is 0 Å². The van der Waals surface area contributed by atoms with Gasteiger partial charge < -0.3 is 9.88 Å². The van der Waals surface area contributed by atoms with Crippen molar-refractivity contribution in [3.8, 4) is 0 Å². The van der Waals surface area contributed by atoms with Gasteiger partial charge in [-0.05, 0) is 19.9 Å². The Bertz CT molecular complexity index is 217. The Morgan fingerprint density at radius 1 is 1.50 bits per heavy atom. The maximum Gasteiger partial charge on any atom is 0.105 e. The molecule has 0 fully saturated rings. The van der Waals surface area contributed by atoms with Crippen LogP contribution >= 0.6 is 0 Å². The number of rotatable bonds is 5. The average Bonchev–Trinajstić information content (AvgIpc) is 2.46. The first kappa shape index (κ1) is 9.26. The van der Waals surface area contributed by atoms with Crippen molar-refractivity contribution in [3.63, 3.8) is 0 Å². The first-order chi connectivity index (χ1) is 5.84. The molecule has 1 rings (SSSR count). The molecule has 1 aromatic rings. The molecule has 0 aliphatic rings. The number of hydrogen-bond donors (Lipinski definition) is 1. The lowest BCUT2D eigenvalue weighted by atomic mass is 10.4. The topological polar surface area (TPSA) is 29.9 Å². The molecule has 0 spiro atoms. The third-order valence-corrected chi connectivity index (χ3v) is 1.88. The van der Waals surface area contributed by atoms with Gasteiger partial charge in [0.1, 0.15) is 5.82 Å². The van der Waals surface area contributed by atoms with Gasteiger partial charge in [0.05, 0.1) is 0 Å². The summed E-state index contributed by atoms with van der Waals surface area (Å²) in [5.41, 5.74) is 0. The lowest BCUT2D eigenvalue weighted by Crippen LogP contribution is -2.20. The van der Waals surface area contributed by atoms with E-state index in [1.165, 1.54) is 6.42 Å². The second-order valence-corrected chi connectivity index (χ2v) is 2.92. The zero-order valence-electron chi connectivity index (χ0n) is 7.88. The van der Waals surface area contributed by atoms with Crippen LogP contribution in [0.5, 0.6) is 0 Å². The van der Waals surface area contributed by atoms with E-state index in [1.807, 2.05) is 19.3 Å². The third kappa shape index (κ3) is 2.66. The summed E-state index contributed by atoms with van der Waals surface area (Å²) >= 11 is 0. The van der Waals surface area contributed by atoms with Gasteiger partial charge >= 0.3 is 0 Å². The fraction of sp³-hybridized carbons (Fsp3) is 0.667. The predicted molar refractivity (Wildman–Crippen MR) is 50.1 cm³/mol. The molecule has 0 aliphatic carbocycles. The van der Waals surface area contributed by atoms with Crippen LogP contribution in [0.2, 0.25) is 0 Å². The van der Waals surface area contributed by atoms with Gasteiger partial charge in [-0.25, -0.2) is 4.98 Å². The fourth-order valence-electron chi connectivity index (χ4n) is 1.14. The van der Waals surface area contributed by atoms with E-state index < -0.39 is 0 Å². The minimum atomic E-state index is 1.02. The van der Waals surface area contributed by atoms with Crippen LogP contribution in [0.4, 0.5) is 0 Å². The number of imidazole rings is 1. The maximum absolute atomic E-state index is 4.15. The SMILES string of the molecule is CCCNCCn1ccnc1C. The first-order valence-electron chi connectivity index (χ1n) is 4.53. The maximum atomic E-state index is 4.15. The zero-order valence-corrected chi connectivity index (χ0v) is 7.88. The van der Waals surface area contributed by atoms with Gasteiger partial charge in [-0.1, -0.05) is 6.92 Å². The molecule has 0 aliphatic heterocycles. The minimum Gasteiger partial charge on any atom is -0.334 e. The predicted octanol–water partition coefficient (Wildman–Crippen LogP) is 1.19. The highest BCUT2D eigenvalue weighted by atomic mass is 15.1. The van der Waals surface area contributed by atoms with Crippen molar-refractivity contribution < 1.29 is 0 Å². The normalized spacial score (nSPS) is 10.5. The first-order valence-corrected chi connectivity index (χ1v) is 4.53. The van der Waals surface area contributed by atoms with Crippen molar-refractivity contribution in [2.75, 3.05) is 13.1 Å². The zero-order chi connectivity index (χ0) is 8.81. The van der Waals surface area contributed by atoms with E-state index in [4.69, 9.17) is 0 Å². The molecule has 1 N–H and O–H groups in total. The van der Waals surface area contributed by atoms with Crippen molar-refractivity contribution in [2.24, 2.45) is 0 Å².